The van der Waals surface area contributed by atoms with Crippen LogP contribution in [0.3, 0.4) is 0 Å². The molecule has 4 N–H and O–H groups in total. The highest BCUT2D eigenvalue weighted by molar-refractivity contribution is 5.74. The van der Waals surface area contributed by atoms with Crippen LogP contribution in [0.2, 0.25) is 0 Å². The van der Waals surface area contributed by atoms with E-state index in [0.29, 0.717) is 0 Å². The Bertz CT molecular complexity index is 205. The van der Waals surface area contributed by atoms with Crippen LogP contribution in [0, 0.1) is 0 Å². The van der Waals surface area contributed by atoms with Crippen molar-refractivity contribution in [2.24, 2.45) is 5.73 Å². The first-order valence-electron chi connectivity index (χ1n) is 4.53. The molecule has 0 aromatic rings. The SMILES string of the molecule is C[N+](C)(C)C.N[C@@H](CCC(=O)O)C(=O)O. The van der Waals surface area contributed by atoms with Crippen molar-refractivity contribution in [3.8, 4) is 0 Å². The monoisotopic (exact) mass is 221 g/mol. The Morgan fingerprint density at radius 3 is 1.73 bits per heavy atom. The number of quaternary nitrogens is 1. The Hall–Kier alpha value is -1.14. The molecule has 0 radical (unpaired) electrons. The number of nitrogens with zero attached hydrogens (tertiary/aromatic N) is 1. The summed E-state index contributed by atoms with van der Waals surface area (Å²) in [7, 11) is 8.50. The van der Waals surface area contributed by atoms with Gasteiger partial charge in [0.1, 0.15) is 6.04 Å². The lowest BCUT2D eigenvalue weighted by Crippen LogP contribution is -2.30. The second-order valence-corrected chi connectivity index (χ2v) is 4.56. The van der Waals surface area contributed by atoms with Crippen LogP contribution < -0.4 is 5.73 Å². The quantitative estimate of drug-likeness (QED) is 0.560. The lowest BCUT2D eigenvalue weighted by molar-refractivity contribution is -0.849. The third-order valence-corrected chi connectivity index (χ3v) is 0.986. The highest BCUT2D eigenvalue weighted by Gasteiger charge is 2.12. The van der Waals surface area contributed by atoms with E-state index in [1.54, 1.807) is 0 Å². The Balaban J connectivity index is 0. The first kappa shape index (κ1) is 16.3. The standard InChI is InChI=1S/C5H9NO4.C4H12N/c6-3(5(9)10)1-2-4(7)8;1-5(2,3)4/h3H,1-2,6H2,(H,7,8)(H,9,10);1-4H3/q;+1/t3-;/m0./s1. The number of aliphatic carboxylic acids is 2. The predicted molar refractivity (Wildman–Crippen MR) is 56.4 cm³/mol. The molecule has 0 spiro atoms. The van der Waals surface area contributed by atoms with Gasteiger partial charge in [-0.2, -0.15) is 0 Å². The minimum absolute atomic E-state index is 0.0231. The number of carbonyl (C=O) groups is 2. The van der Waals surface area contributed by atoms with Crippen molar-refractivity contribution in [2.75, 3.05) is 28.2 Å². The molecule has 0 unspecified atom stereocenters. The molecular formula is C9H21N2O4+. The van der Waals surface area contributed by atoms with E-state index in [0.717, 1.165) is 4.48 Å². The number of carboxylic acid groups (broad SMARTS) is 2. The van der Waals surface area contributed by atoms with Gasteiger partial charge in [0.05, 0.1) is 28.2 Å². The van der Waals surface area contributed by atoms with Crippen molar-refractivity contribution in [1.29, 1.82) is 0 Å². The van der Waals surface area contributed by atoms with Gasteiger partial charge in [-0.05, 0) is 6.42 Å². The van der Waals surface area contributed by atoms with E-state index in [2.05, 4.69) is 28.2 Å². The molecular weight excluding hydrogens is 200 g/mol. The third kappa shape index (κ3) is 24.6. The highest BCUT2D eigenvalue weighted by Crippen LogP contribution is 1.93. The van der Waals surface area contributed by atoms with Gasteiger partial charge in [0.2, 0.25) is 0 Å². The van der Waals surface area contributed by atoms with E-state index in [9.17, 15) is 9.59 Å². The average Bonchev–Trinajstić information content (AvgIpc) is 1.96. The molecule has 90 valence electrons. The van der Waals surface area contributed by atoms with Gasteiger partial charge in [0.25, 0.3) is 0 Å². The molecule has 0 aromatic heterocycles. The van der Waals surface area contributed by atoms with Crippen LogP contribution >= 0.6 is 0 Å². The van der Waals surface area contributed by atoms with Gasteiger partial charge < -0.3 is 20.4 Å². The summed E-state index contributed by atoms with van der Waals surface area (Å²) in [6.07, 6.45) is -0.224. The summed E-state index contributed by atoms with van der Waals surface area (Å²) < 4.78 is 1.00. The summed E-state index contributed by atoms with van der Waals surface area (Å²) in [5.74, 6) is -2.20. The van der Waals surface area contributed by atoms with E-state index >= 15 is 0 Å². The number of rotatable bonds is 4. The minimum Gasteiger partial charge on any atom is -0.481 e. The zero-order valence-corrected chi connectivity index (χ0v) is 9.73. The number of hydrogen-bond acceptors (Lipinski definition) is 3. The lowest BCUT2D eigenvalue weighted by Gasteiger charge is -2.14. The molecule has 15 heavy (non-hydrogen) atoms. The van der Waals surface area contributed by atoms with E-state index in [1.165, 1.54) is 0 Å². The average molecular weight is 221 g/mol. The Morgan fingerprint density at radius 2 is 1.53 bits per heavy atom. The number of nitrogens with two attached hydrogens (primary N) is 1. The van der Waals surface area contributed by atoms with Crippen molar-refractivity contribution in [3.63, 3.8) is 0 Å². The maximum absolute atomic E-state index is 9.99. The first-order chi connectivity index (χ1) is 6.54. The molecule has 0 heterocycles. The summed E-state index contributed by atoms with van der Waals surface area (Å²) in [4.78, 5) is 19.9. The molecule has 0 bridgehead atoms. The van der Waals surface area contributed by atoms with Crippen LogP contribution in [0.15, 0.2) is 0 Å². The zero-order valence-electron chi connectivity index (χ0n) is 9.73. The van der Waals surface area contributed by atoms with Gasteiger partial charge in [-0.25, -0.2) is 0 Å². The Morgan fingerprint density at radius 1 is 1.20 bits per heavy atom. The van der Waals surface area contributed by atoms with Gasteiger partial charge in [0.15, 0.2) is 0 Å². The maximum Gasteiger partial charge on any atom is 0.320 e. The number of carboxylic acids is 2. The molecule has 6 nitrogen and oxygen atoms in total. The fraction of sp³-hybridized carbons (Fsp3) is 0.778. The molecule has 0 fully saturated rings. The second-order valence-electron chi connectivity index (χ2n) is 4.56. The van der Waals surface area contributed by atoms with Crippen LogP contribution in [0.25, 0.3) is 0 Å². The summed E-state index contributed by atoms with van der Waals surface area (Å²) in [6, 6.07) is -1.06. The third-order valence-electron chi connectivity index (χ3n) is 0.986. The van der Waals surface area contributed by atoms with E-state index in [1.807, 2.05) is 0 Å². The van der Waals surface area contributed by atoms with Gasteiger partial charge in [-0.15, -0.1) is 0 Å². The Kier molecular flexibility index (Phi) is 7.81. The smallest absolute Gasteiger partial charge is 0.320 e. The van der Waals surface area contributed by atoms with Crippen molar-refractivity contribution in [1.82, 2.24) is 0 Å². The van der Waals surface area contributed by atoms with Crippen LogP contribution in [0.5, 0.6) is 0 Å². The summed E-state index contributed by atoms with van der Waals surface area (Å²) >= 11 is 0. The molecule has 0 amide bonds. The fourth-order valence-corrected chi connectivity index (χ4v) is 0.402. The molecule has 6 heteroatoms. The van der Waals surface area contributed by atoms with Crippen molar-refractivity contribution in [3.05, 3.63) is 0 Å². The van der Waals surface area contributed by atoms with Gasteiger partial charge in [-0.3, -0.25) is 9.59 Å². The van der Waals surface area contributed by atoms with Crippen molar-refractivity contribution >= 4 is 11.9 Å². The largest absolute Gasteiger partial charge is 0.481 e. The topological polar surface area (TPSA) is 101 Å². The zero-order chi connectivity index (χ0) is 12.6. The molecule has 0 aromatic carbocycles. The van der Waals surface area contributed by atoms with Crippen LogP contribution in [0.4, 0.5) is 0 Å². The summed E-state index contributed by atoms with van der Waals surface area (Å²) in [5.41, 5.74) is 5.00. The van der Waals surface area contributed by atoms with Crippen molar-refractivity contribution < 1.29 is 24.3 Å². The van der Waals surface area contributed by atoms with Crippen LogP contribution in [0.1, 0.15) is 12.8 Å². The summed E-state index contributed by atoms with van der Waals surface area (Å²) in [6.45, 7) is 0. The maximum atomic E-state index is 9.99. The minimum atomic E-state index is -1.17. The molecule has 1 atom stereocenters. The molecule has 0 saturated heterocycles. The van der Waals surface area contributed by atoms with Gasteiger partial charge in [-0.1, -0.05) is 0 Å². The molecule has 0 aliphatic carbocycles. The predicted octanol–water partition coefficient (Wildman–Crippen LogP) is -0.414. The highest BCUT2D eigenvalue weighted by atomic mass is 16.4. The van der Waals surface area contributed by atoms with Crippen LogP contribution in [-0.4, -0.2) is 60.9 Å². The molecule has 0 rings (SSSR count). The molecule has 0 aliphatic heterocycles. The van der Waals surface area contributed by atoms with E-state index in [4.69, 9.17) is 15.9 Å². The van der Waals surface area contributed by atoms with E-state index in [-0.39, 0.29) is 12.8 Å². The fourth-order valence-electron chi connectivity index (χ4n) is 0.402. The molecule has 0 saturated carbocycles. The number of hydrogen-bond donors (Lipinski definition) is 3. The van der Waals surface area contributed by atoms with Gasteiger partial charge in [0, 0.05) is 6.42 Å². The van der Waals surface area contributed by atoms with E-state index < -0.39 is 18.0 Å². The van der Waals surface area contributed by atoms with Crippen molar-refractivity contribution in [2.45, 2.75) is 18.9 Å². The Labute approximate surface area is 89.9 Å². The van der Waals surface area contributed by atoms with Crippen LogP contribution in [-0.2, 0) is 9.59 Å². The first-order valence-corrected chi connectivity index (χ1v) is 4.53. The second kappa shape index (κ2) is 7.19. The van der Waals surface area contributed by atoms with Gasteiger partial charge >= 0.3 is 11.9 Å². The lowest BCUT2D eigenvalue weighted by atomic mass is 10.2. The normalized spacial score (nSPS) is 12.3. The molecule has 0 aliphatic rings. The summed E-state index contributed by atoms with van der Waals surface area (Å²) in [5, 5.41) is 16.3.